The summed E-state index contributed by atoms with van der Waals surface area (Å²) in [6, 6.07) is 13.0. The number of halogens is 1. The Hall–Kier alpha value is -2.43. The summed E-state index contributed by atoms with van der Waals surface area (Å²) in [4.78, 5) is 11.8. The summed E-state index contributed by atoms with van der Waals surface area (Å²) in [5.41, 5.74) is 6.36. The normalized spacial score (nSPS) is 10.4. The van der Waals surface area contributed by atoms with Crippen molar-refractivity contribution in [2.45, 2.75) is 34.2 Å². The van der Waals surface area contributed by atoms with Crippen molar-refractivity contribution in [1.29, 1.82) is 0 Å². The predicted molar refractivity (Wildman–Crippen MR) is 130 cm³/mol. The summed E-state index contributed by atoms with van der Waals surface area (Å²) in [6.45, 7) is 15.9. The molecule has 0 fully saturated rings. The lowest BCUT2D eigenvalue weighted by Gasteiger charge is -2.10. The quantitative estimate of drug-likeness (QED) is 0.464. The fourth-order valence-electron chi connectivity index (χ4n) is 2.06. The van der Waals surface area contributed by atoms with E-state index in [1.165, 1.54) is 11.1 Å². The molecule has 0 aliphatic rings. The Kier molecular flexibility index (Phi) is 11.0. The van der Waals surface area contributed by atoms with E-state index in [-0.39, 0.29) is 6.03 Å². The first kappa shape index (κ1) is 24.6. The predicted octanol–water partition coefficient (Wildman–Crippen LogP) is 7.62. The van der Waals surface area contributed by atoms with Crippen LogP contribution in [-0.4, -0.2) is 6.03 Å². The fraction of sp³-hybridized carbons (Fsp3) is 0.208. The van der Waals surface area contributed by atoms with Gasteiger partial charge in [0, 0.05) is 17.3 Å². The van der Waals surface area contributed by atoms with Crippen LogP contribution in [0.15, 0.2) is 77.6 Å². The average Bonchev–Trinajstić information content (AvgIpc) is 2.68. The van der Waals surface area contributed by atoms with Crippen molar-refractivity contribution in [2.24, 2.45) is 0 Å². The highest BCUT2D eigenvalue weighted by Gasteiger charge is 2.04. The lowest BCUT2D eigenvalue weighted by molar-refractivity contribution is 0.251. The maximum atomic E-state index is 11.8. The highest BCUT2D eigenvalue weighted by atomic mass is 35.5. The molecule has 0 atom stereocenters. The van der Waals surface area contributed by atoms with Gasteiger partial charge in [-0.15, -0.1) is 11.8 Å². The molecule has 0 saturated carbocycles. The molecule has 2 N–H and O–H groups in total. The van der Waals surface area contributed by atoms with E-state index in [4.69, 9.17) is 11.6 Å². The molecule has 0 bridgehead atoms. The molecule has 0 spiro atoms. The molecule has 29 heavy (non-hydrogen) atoms. The number of thioether (sulfide) groups is 1. The molecule has 0 heterocycles. The van der Waals surface area contributed by atoms with Crippen LogP contribution < -0.4 is 10.6 Å². The monoisotopic (exact) mass is 428 g/mol. The Bertz CT molecular complexity index is 890. The Morgan fingerprint density at radius 2 is 1.83 bits per heavy atom. The first-order valence-electron chi connectivity index (χ1n) is 9.19. The molecule has 3 nitrogen and oxygen atoms in total. The van der Waals surface area contributed by atoms with E-state index < -0.39 is 0 Å². The van der Waals surface area contributed by atoms with Gasteiger partial charge in [0.2, 0.25) is 0 Å². The van der Waals surface area contributed by atoms with Gasteiger partial charge in [-0.2, -0.15) is 0 Å². The maximum absolute atomic E-state index is 11.8. The Morgan fingerprint density at radius 3 is 2.41 bits per heavy atom. The van der Waals surface area contributed by atoms with Crippen molar-refractivity contribution in [3.8, 4) is 0 Å². The second-order valence-corrected chi connectivity index (χ2v) is 7.83. The number of benzene rings is 2. The maximum Gasteiger partial charge on any atom is 0.319 e. The van der Waals surface area contributed by atoms with Crippen LogP contribution in [0.2, 0.25) is 5.02 Å². The van der Waals surface area contributed by atoms with Crippen molar-refractivity contribution in [3.05, 3.63) is 99.3 Å². The number of urea groups is 1. The second kappa shape index (κ2) is 12.9. The summed E-state index contributed by atoms with van der Waals surface area (Å²) < 4.78 is 0. The highest BCUT2D eigenvalue weighted by molar-refractivity contribution is 8.04. The molecular weight excluding hydrogens is 400 g/mol. The third kappa shape index (κ3) is 9.55. The molecular formula is C24H29ClN2OS. The summed E-state index contributed by atoms with van der Waals surface area (Å²) in [5, 5.41) is 10.1. The van der Waals surface area contributed by atoms with Gasteiger partial charge in [0.15, 0.2) is 0 Å². The number of aryl methyl sites for hydroxylation is 2. The van der Waals surface area contributed by atoms with E-state index in [0.29, 0.717) is 11.6 Å². The molecule has 154 valence electrons. The molecule has 0 aliphatic carbocycles. The van der Waals surface area contributed by atoms with Crippen molar-refractivity contribution >= 4 is 35.1 Å². The van der Waals surface area contributed by atoms with Crippen LogP contribution in [0.1, 0.15) is 30.5 Å². The smallest absolute Gasteiger partial charge is 0.319 e. The van der Waals surface area contributed by atoms with E-state index in [1.807, 2.05) is 69.5 Å². The van der Waals surface area contributed by atoms with Gasteiger partial charge < -0.3 is 10.6 Å². The van der Waals surface area contributed by atoms with Crippen LogP contribution in [0.4, 0.5) is 10.5 Å². The van der Waals surface area contributed by atoms with Crippen LogP contribution in [0, 0.1) is 13.8 Å². The van der Waals surface area contributed by atoms with Gasteiger partial charge in [-0.05, 0) is 79.0 Å². The molecule has 2 rings (SSSR count). The number of hydrogen-bond donors (Lipinski definition) is 2. The van der Waals surface area contributed by atoms with Crippen molar-refractivity contribution in [3.63, 3.8) is 0 Å². The first-order chi connectivity index (χ1) is 13.7. The zero-order valence-corrected chi connectivity index (χ0v) is 19.1. The summed E-state index contributed by atoms with van der Waals surface area (Å²) >= 11 is 7.62. The van der Waals surface area contributed by atoms with Crippen molar-refractivity contribution in [2.75, 3.05) is 5.32 Å². The van der Waals surface area contributed by atoms with E-state index >= 15 is 0 Å². The molecule has 0 aliphatic heterocycles. The standard InChI is InChI=1S/C16H17ClN2O.C8H12S/c1-11-7-8-14(9-12(11)2)19-16(20)18-10-13-5-3-4-6-15(13)17;1-5-9-6-8(4)7(2)3/h3-9H,10H2,1-2H3,(H2,18,19,20);5-6H,1-2H2,3-4H3/b;8-6+. The minimum atomic E-state index is -0.242. The zero-order chi connectivity index (χ0) is 21.8. The van der Waals surface area contributed by atoms with E-state index in [1.54, 1.807) is 23.2 Å². The molecule has 0 saturated heterocycles. The summed E-state index contributed by atoms with van der Waals surface area (Å²) in [5.74, 6) is 0. The van der Waals surface area contributed by atoms with Gasteiger partial charge in [0.1, 0.15) is 0 Å². The van der Waals surface area contributed by atoms with Gasteiger partial charge in [-0.1, -0.05) is 54.6 Å². The second-order valence-electron chi connectivity index (χ2n) is 6.58. The fourth-order valence-corrected chi connectivity index (χ4v) is 2.77. The molecule has 0 radical (unpaired) electrons. The topological polar surface area (TPSA) is 41.1 Å². The van der Waals surface area contributed by atoms with Crippen LogP contribution in [0.3, 0.4) is 0 Å². The summed E-state index contributed by atoms with van der Waals surface area (Å²) in [7, 11) is 0. The third-order valence-electron chi connectivity index (χ3n) is 4.18. The minimum Gasteiger partial charge on any atom is -0.334 e. The number of carbonyl (C=O) groups is 1. The molecule has 2 aromatic rings. The average molecular weight is 429 g/mol. The van der Waals surface area contributed by atoms with E-state index in [0.717, 1.165) is 22.4 Å². The lowest BCUT2D eigenvalue weighted by atomic mass is 10.1. The van der Waals surface area contributed by atoms with E-state index in [9.17, 15) is 4.79 Å². The number of carbonyl (C=O) groups excluding carboxylic acids is 1. The van der Waals surface area contributed by atoms with Gasteiger partial charge in [0.05, 0.1) is 0 Å². The molecule has 2 amide bonds. The van der Waals surface area contributed by atoms with Crippen molar-refractivity contribution < 1.29 is 4.79 Å². The van der Waals surface area contributed by atoms with Crippen molar-refractivity contribution in [1.82, 2.24) is 5.32 Å². The van der Waals surface area contributed by atoms with Gasteiger partial charge in [-0.3, -0.25) is 0 Å². The molecule has 5 heteroatoms. The number of anilines is 1. The number of amides is 2. The Labute approximate surface area is 183 Å². The first-order valence-corrected chi connectivity index (χ1v) is 10.5. The van der Waals surface area contributed by atoms with Gasteiger partial charge >= 0.3 is 6.03 Å². The largest absolute Gasteiger partial charge is 0.334 e. The lowest BCUT2D eigenvalue weighted by Crippen LogP contribution is -2.28. The van der Waals surface area contributed by atoms with Crippen LogP contribution in [0.5, 0.6) is 0 Å². The summed E-state index contributed by atoms with van der Waals surface area (Å²) in [6.07, 6.45) is 0. The number of hydrogen-bond acceptors (Lipinski definition) is 2. The molecule has 2 aromatic carbocycles. The number of allylic oxidation sites excluding steroid dienone is 2. The zero-order valence-electron chi connectivity index (χ0n) is 17.5. The molecule has 0 unspecified atom stereocenters. The SMILES string of the molecule is C=CS/C=C(\C)C(=C)C.Cc1ccc(NC(=O)NCc2ccccc2Cl)cc1C. The molecule has 0 aromatic heterocycles. The minimum absolute atomic E-state index is 0.242. The van der Waals surface area contributed by atoms with Gasteiger partial charge in [0.25, 0.3) is 0 Å². The van der Waals surface area contributed by atoms with Gasteiger partial charge in [-0.25, -0.2) is 4.79 Å². The van der Waals surface area contributed by atoms with Crippen LogP contribution in [-0.2, 0) is 6.54 Å². The third-order valence-corrected chi connectivity index (χ3v) is 5.23. The van der Waals surface area contributed by atoms with E-state index in [2.05, 4.69) is 23.8 Å². The number of rotatable bonds is 6. The Morgan fingerprint density at radius 1 is 1.14 bits per heavy atom. The van der Waals surface area contributed by atoms with Crippen LogP contribution in [0.25, 0.3) is 0 Å². The van der Waals surface area contributed by atoms with Crippen LogP contribution >= 0.6 is 23.4 Å². The highest BCUT2D eigenvalue weighted by Crippen LogP contribution is 2.16. The number of nitrogens with one attached hydrogen (secondary N) is 2. The Balaban J connectivity index is 0.000000396.